The van der Waals surface area contributed by atoms with Gasteiger partial charge in [0, 0.05) is 61.3 Å². The van der Waals surface area contributed by atoms with E-state index in [1.54, 1.807) is 4.57 Å². The lowest BCUT2D eigenvalue weighted by Gasteiger charge is -2.46. The van der Waals surface area contributed by atoms with Gasteiger partial charge in [-0.05, 0) is 55.5 Å². The molecule has 3 aliphatic heterocycles. The highest BCUT2D eigenvalue weighted by atomic mass is 16.5. The minimum absolute atomic E-state index is 0.284. The van der Waals surface area contributed by atoms with Gasteiger partial charge in [-0.1, -0.05) is 12.1 Å². The number of carboxylic acids is 1. The number of carboxylic acid groups (broad SMARTS) is 1. The van der Waals surface area contributed by atoms with Crippen LogP contribution in [0.4, 0.5) is 11.7 Å². The van der Waals surface area contributed by atoms with Gasteiger partial charge >= 0.3 is 5.97 Å². The predicted molar refractivity (Wildman–Crippen MR) is 148 cm³/mol. The molecular weight excluding hydrogens is 496 g/mol. The summed E-state index contributed by atoms with van der Waals surface area (Å²) in [7, 11) is 0. The molecule has 0 atom stereocenters. The molecule has 0 unspecified atom stereocenters. The number of pyridine rings is 1. The van der Waals surface area contributed by atoms with Crippen molar-refractivity contribution in [3.63, 3.8) is 0 Å². The third-order valence-corrected chi connectivity index (χ3v) is 8.47. The van der Waals surface area contributed by atoms with Crippen molar-refractivity contribution >= 4 is 28.8 Å². The number of ether oxygens (including phenoxy) is 1. The highest BCUT2D eigenvalue weighted by molar-refractivity contribution is 5.88. The summed E-state index contributed by atoms with van der Waals surface area (Å²) >= 11 is 0. The Kier molecular flexibility index (Phi) is 5.70. The van der Waals surface area contributed by atoms with Crippen LogP contribution in [-0.2, 0) is 4.74 Å². The fourth-order valence-electron chi connectivity index (χ4n) is 5.99. The molecule has 0 bridgehead atoms. The van der Waals surface area contributed by atoms with Crippen molar-refractivity contribution in [1.29, 1.82) is 0 Å². The van der Waals surface area contributed by atoms with Gasteiger partial charge < -0.3 is 28.6 Å². The van der Waals surface area contributed by atoms with E-state index in [4.69, 9.17) is 14.1 Å². The van der Waals surface area contributed by atoms with Crippen LogP contribution >= 0.6 is 0 Å². The van der Waals surface area contributed by atoms with E-state index in [1.165, 1.54) is 25.1 Å². The minimum Gasteiger partial charge on any atom is -0.477 e. The van der Waals surface area contributed by atoms with Crippen LogP contribution in [0.3, 0.4) is 0 Å². The number of benzene rings is 2. The summed E-state index contributed by atoms with van der Waals surface area (Å²) in [6.07, 6.45) is 5.91. The average molecular weight is 527 g/mol. The molecule has 0 aliphatic carbocycles. The molecule has 0 saturated carbocycles. The maximum absolute atomic E-state index is 12.7. The molecule has 4 aromatic rings. The molecular formula is C30H30N4O5. The van der Waals surface area contributed by atoms with Crippen LogP contribution < -0.4 is 15.2 Å². The van der Waals surface area contributed by atoms with E-state index in [2.05, 4.69) is 21.9 Å². The molecule has 9 heteroatoms. The molecule has 1 spiro atoms. The van der Waals surface area contributed by atoms with Gasteiger partial charge in [-0.15, -0.1) is 0 Å². The van der Waals surface area contributed by atoms with Crippen molar-refractivity contribution < 1.29 is 19.1 Å². The zero-order valence-corrected chi connectivity index (χ0v) is 21.6. The van der Waals surface area contributed by atoms with Crippen molar-refractivity contribution in [1.82, 2.24) is 9.55 Å². The van der Waals surface area contributed by atoms with Crippen LogP contribution in [0.2, 0.25) is 0 Å². The summed E-state index contributed by atoms with van der Waals surface area (Å²) in [5.41, 5.74) is 4.14. The summed E-state index contributed by atoms with van der Waals surface area (Å²) in [6.45, 7) is 5.54. The number of hydrogen-bond donors (Lipinski definition) is 1. The molecule has 2 aromatic heterocycles. The second-order valence-corrected chi connectivity index (χ2v) is 11.0. The summed E-state index contributed by atoms with van der Waals surface area (Å²) in [5.74, 6) is -1.26. The smallest absolute Gasteiger partial charge is 0.341 e. The number of piperidine rings is 1. The first kappa shape index (κ1) is 24.0. The van der Waals surface area contributed by atoms with Crippen LogP contribution in [0.5, 0.6) is 0 Å². The van der Waals surface area contributed by atoms with Gasteiger partial charge in [0.05, 0.1) is 18.9 Å². The zero-order valence-electron chi connectivity index (χ0n) is 21.6. The van der Waals surface area contributed by atoms with Gasteiger partial charge in [-0.25, -0.2) is 4.79 Å². The standard InChI is InChI=1S/C30H30N4O5/c35-26-16-25(20-3-5-21(6-4-20)32-11-1-2-12-32)34(17-23(26)28(36)37)22-7-8-24-27(15-22)39-29(31-24)33-13-9-30(10-14-33)18-38-19-30/h3-8,15-17H,1-2,9-14,18-19H2,(H,36,37). The second-order valence-electron chi connectivity index (χ2n) is 11.0. The molecule has 200 valence electrons. The third kappa shape index (κ3) is 4.27. The molecule has 0 radical (unpaired) electrons. The number of oxazole rings is 1. The number of carbonyl (C=O) groups is 1. The Hall–Kier alpha value is -4.11. The number of nitrogens with zero attached hydrogens (tertiary/aromatic N) is 4. The predicted octanol–water partition coefficient (Wildman–Crippen LogP) is 4.56. The van der Waals surface area contributed by atoms with Gasteiger partial charge in [-0.3, -0.25) is 4.79 Å². The quantitative estimate of drug-likeness (QED) is 0.404. The monoisotopic (exact) mass is 526 g/mol. The molecule has 3 aliphatic rings. The van der Waals surface area contributed by atoms with Crippen molar-refractivity contribution in [2.24, 2.45) is 5.41 Å². The van der Waals surface area contributed by atoms with Crippen LogP contribution in [0, 0.1) is 5.41 Å². The highest BCUT2D eigenvalue weighted by Gasteiger charge is 2.41. The summed E-state index contributed by atoms with van der Waals surface area (Å²) in [6, 6.07) is 15.7. The van der Waals surface area contributed by atoms with Crippen molar-refractivity contribution in [3.8, 4) is 16.9 Å². The molecule has 7 rings (SSSR count). The second kappa shape index (κ2) is 9.27. The Morgan fingerprint density at radius 1 is 0.897 bits per heavy atom. The lowest BCUT2D eigenvalue weighted by atomic mass is 9.77. The number of aromatic nitrogens is 2. The molecule has 2 aromatic carbocycles. The van der Waals surface area contributed by atoms with Gasteiger partial charge in [0.25, 0.3) is 6.01 Å². The van der Waals surface area contributed by atoms with Crippen LogP contribution in [0.25, 0.3) is 28.0 Å². The fraction of sp³-hybridized carbons (Fsp3) is 0.367. The maximum atomic E-state index is 12.7. The number of aromatic carboxylic acids is 1. The van der Waals surface area contributed by atoms with Crippen LogP contribution in [-0.4, -0.2) is 60.0 Å². The largest absolute Gasteiger partial charge is 0.477 e. The Morgan fingerprint density at radius 2 is 1.62 bits per heavy atom. The molecule has 3 fully saturated rings. The molecule has 0 amide bonds. The average Bonchev–Trinajstić information content (AvgIpc) is 3.62. The SMILES string of the molecule is O=C(O)c1cn(-c2ccc3nc(N4CCC5(CC4)COC5)oc3c2)c(-c2ccc(N3CCCC3)cc2)cc1=O. The topological polar surface area (TPSA) is 101 Å². The van der Waals surface area contributed by atoms with Crippen molar-refractivity contribution in [3.05, 3.63) is 70.5 Å². The Bertz CT molecular complexity index is 1600. The first-order valence-electron chi connectivity index (χ1n) is 13.6. The van der Waals surface area contributed by atoms with Gasteiger partial charge in [0.1, 0.15) is 11.1 Å². The van der Waals surface area contributed by atoms with Gasteiger partial charge in [0.15, 0.2) is 11.0 Å². The first-order chi connectivity index (χ1) is 19.0. The van der Waals surface area contributed by atoms with Crippen molar-refractivity contribution in [2.45, 2.75) is 25.7 Å². The molecule has 9 nitrogen and oxygen atoms in total. The van der Waals surface area contributed by atoms with Crippen LogP contribution in [0.15, 0.2) is 63.9 Å². The zero-order chi connectivity index (χ0) is 26.6. The number of rotatable bonds is 5. The summed E-state index contributed by atoms with van der Waals surface area (Å²) in [5, 5.41) is 9.67. The first-order valence-corrected chi connectivity index (χ1v) is 13.6. The minimum atomic E-state index is -1.26. The lowest BCUT2D eigenvalue weighted by molar-refractivity contribution is -0.124. The number of hydrogen-bond acceptors (Lipinski definition) is 7. The molecule has 1 N–H and O–H groups in total. The maximum Gasteiger partial charge on any atom is 0.341 e. The molecule has 3 saturated heterocycles. The van der Waals surface area contributed by atoms with E-state index < -0.39 is 11.4 Å². The van der Waals surface area contributed by atoms with Crippen molar-refractivity contribution in [2.75, 3.05) is 49.2 Å². The van der Waals surface area contributed by atoms with E-state index in [0.29, 0.717) is 28.4 Å². The Labute approximate surface area is 225 Å². The Balaban J connectivity index is 1.25. The lowest BCUT2D eigenvalue weighted by Crippen LogP contribution is -2.51. The Morgan fingerprint density at radius 3 is 2.28 bits per heavy atom. The van der Waals surface area contributed by atoms with Gasteiger partial charge in [0.2, 0.25) is 0 Å². The third-order valence-electron chi connectivity index (χ3n) is 8.47. The van der Waals surface area contributed by atoms with E-state index in [9.17, 15) is 14.7 Å². The summed E-state index contributed by atoms with van der Waals surface area (Å²) in [4.78, 5) is 33.8. The van der Waals surface area contributed by atoms with E-state index >= 15 is 0 Å². The molecule has 39 heavy (non-hydrogen) atoms. The fourth-order valence-corrected chi connectivity index (χ4v) is 5.99. The van der Waals surface area contributed by atoms with Gasteiger partial charge in [-0.2, -0.15) is 4.98 Å². The summed E-state index contributed by atoms with van der Waals surface area (Å²) < 4.78 is 13.4. The highest BCUT2D eigenvalue weighted by Crippen LogP contribution is 2.40. The van der Waals surface area contributed by atoms with E-state index in [0.717, 1.165) is 69.0 Å². The van der Waals surface area contributed by atoms with Crippen LogP contribution in [0.1, 0.15) is 36.0 Å². The number of anilines is 2. The molecule has 5 heterocycles. The van der Waals surface area contributed by atoms with E-state index in [1.807, 2.05) is 30.3 Å². The normalized spacial score (nSPS) is 18.6. The number of fused-ring (bicyclic) bond motifs is 1. The van der Waals surface area contributed by atoms with E-state index in [-0.39, 0.29) is 5.56 Å².